The summed E-state index contributed by atoms with van der Waals surface area (Å²) in [6, 6.07) is 23.6. The van der Waals surface area contributed by atoms with E-state index < -0.39 is 0 Å². The van der Waals surface area contributed by atoms with Gasteiger partial charge in [0.15, 0.2) is 0 Å². The number of hydrogen-bond donors (Lipinski definition) is 0. The average molecular weight is 295 g/mol. The Bertz CT molecular complexity index is 1120. The lowest BCUT2D eigenvalue weighted by Gasteiger charge is -2.17. The summed E-state index contributed by atoms with van der Waals surface area (Å²) in [5.41, 5.74) is 5.89. The number of nitrogens with zero attached hydrogens (tertiary/aromatic N) is 1. The van der Waals surface area contributed by atoms with Crippen molar-refractivity contribution in [1.82, 2.24) is 4.98 Å². The van der Waals surface area contributed by atoms with Crippen molar-refractivity contribution >= 4 is 21.7 Å². The quantitative estimate of drug-likeness (QED) is 0.330. The minimum Gasteiger partial charge on any atom is -0.359 e. The molecule has 108 valence electrons. The number of benzene rings is 3. The molecule has 4 aromatic rings. The molecule has 2 heterocycles. The summed E-state index contributed by atoms with van der Waals surface area (Å²) < 4.78 is 5.93. The summed E-state index contributed by atoms with van der Waals surface area (Å²) in [7, 11) is 0. The van der Waals surface area contributed by atoms with E-state index in [0.717, 1.165) is 11.2 Å². The Hall–Kier alpha value is -2.71. The van der Waals surface area contributed by atoms with Crippen molar-refractivity contribution in [3.63, 3.8) is 0 Å². The molecule has 2 aliphatic rings. The van der Waals surface area contributed by atoms with Gasteiger partial charge >= 0.3 is 0 Å². The fraction of sp³-hybridized carbons (Fsp3) is 0.0952. The SMILES string of the molecule is c1ccc2c(c1)-c1nc3c(ccc4ccccc43)cc1C1OC21. The van der Waals surface area contributed by atoms with Gasteiger partial charge in [-0.3, -0.25) is 0 Å². The third-order valence-corrected chi connectivity index (χ3v) is 5.06. The highest BCUT2D eigenvalue weighted by Crippen LogP contribution is 2.59. The van der Waals surface area contributed by atoms with Gasteiger partial charge < -0.3 is 4.74 Å². The zero-order valence-corrected chi connectivity index (χ0v) is 12.4. The van der Waals surface area contributed by atoms with Crippen LogP contribution in [0.4, 0.5) is 0 Å². The highest BCUT2D eigenvalue weighted by Gasteiger charge is 2.48. The molecule has 0 bridgehead atoms. The summed E-state index contributed by atoms with van der Waals surface area (Å²) in [5.74, 6) is 0. The van der Waals surface area contributed by atoms with Gasteiger partial charge in [-0.25, -0.2) is 4.98 Å². The zero-order valence-electron chi connectivity index (χ0n) is 12.4. The summed E-state index contributed by atoms with van der Waals surface area (Å²) in [6.07, 6.45) is 0.404. The molecule has 6 rings (SSSR count). The Balaban J connectivity index is 1.77. The van der Waals surface area contributed by atoms with Gasteiger partial charge in [-0.1, -0.05) is 60.7 Å². The average Bonchev–Trinajstić information content (AvgIpc) is 3.42. The van der Waals surface area contributed by atoms with Crippen LogP contribution in [0.1, 0.15) is 23.3 Å². The molecule has 0 N–H and O–H groups in total. The summed E-state index contributed by atoms with van der Waals surface area (Å²) >= 11 is 0. The monoisotopic (exact) mass is 295 g/mol. The van der Waals surface area contributed by atoms with Gasteiger partial charge in [0, 0.05) is 21.9 Å². The third-order valence-electron chi connectivity index (χ3n) is 5.06. The van der Waals surface area contributed by atoms with E-state index in [1.54, 1.807) is 0 Å². The van der Waals surface area contributed by atoms with Gasteiger partial charge in [0.25, 0.3) is 0 Å². The second-order valence-electron chi connectivity index (χ2n) is 6.35. The first-order chi connectivity index (χ1) is 11.4. The molecule has 2 nitrogen and oxygen atoms in total. The number of pyridine rings is 1. The van der Waals surface area contributed by atoms with Crippen LogP contribution in [-0.2, 0) is 4.74 Å². The molecule has 0 radical (unpaired) electrons. The van der Waals surface area contributed by atoms with E-state index in [2.05, 4.69) is 66.7 Å². The van der Waals surface area contributed by atoms with Crippen LogP contribution in [0.25, 0.3) is 32.9 Å². The number of rotatable bonds is 0. The maximum absolute atomic E-state index is 5.93. The minimum atomic E-state index is 0.184. The third kappa shape index (κ3) is 1.49. The van der Waals surface area contributed by atoms with Crippen LogP contribution >= 0.6 is 0 Å². The first-order valence-electron chi connectivity index (χ1n) is 7.97. The lowest BCUT2D eigenvalue weighted by molar-refractivity contribution is 0.380. The van der Waals surface area contributed by atoms with Gasteiger partial charge in [-0.15, -0.1) is 0 Å². The molecule has 2 heteroatoms. The zero-order chi connectivity index (χ0) is 15.0. The molecule has 1 fully saturated rings. The second-order valence-corrected chi connectivity index (χ2v) is 6.35. The van der Waals surface area contributed by atoms with Crippen molar-refractivity contribution in [2.75, 3.05) is 0 Å². The normalized spacial score (nSPS) is 20.9. The van der Waals surface area contributed by atoms with Crippen molar-refractivity contribution in [3.8, 4) is 11.3 Å². The van der Waals surface area contributed by atoms with Gasteiger partial charge in [0.1, 0.15) is 12.2 Å². The number of fused-ring (bicyclic) bond motifs is 9. The first kappa shape index (κ1) is 11.8. The van der Waals surface area contributed by atoms with Crippen LogP contribution in [0.3, 0.4) is 0 Å². The van der Waals surface area contributed by atoms with Crippen LogP contribution in [0.5, 0.6) is 0 Å². The van der Waals surface area contributed by atoms with Crippen LogP contribution < -0.4 is 0 Å². The molecule has 1 aromatic heterocycles. The first-order valence-corrected chi connectivity index (χ1v) is 7.97. The van der Waals surface area contributed by atoms with E-state index in [1.165, 1.54) is 32.8 Å². The Morgan fingerprint density at radius 3 is 2.52 bits per heavy atom. The predicted octanol–water partition coefficient (Wildman–Crippen LogP) is 5.18. The summed E-state index contributed by atoms with van der Waals surface area (Å²) in [5, 5.41) is 3.64. The van der Waals surface area contributed by atoms with Crippen LogP contribution in [0.2, 0.25) is 0 Å². The molecular weight excluding hydrogens is 282 g/mol. The predicted molar refractivity (Wildman–Crippen MR) is 91.3 cm³/mol. The number of epoxide rings is 1. The van der Waals surface area contributed by atoms with E-state index in [9.17, 15) is 0 Å². The van der Waals surface area contributed by atoms with Gasteiger partial charge in [-0.05, 0) is 17.0 Å². The van der Waals surface area contributed by atoms with Gasteiger partial charge in [0.05, 0.1) is 11.2 Å². The van der Waals surface area contributed by atoms with E-state index in [-0.39, 0.29) is 12.2 Å². The highest BCUT2D eigenvalue weighted by atomic mass is 16.6. The molecule has 1 aliphatic carbocycles. The lowest BCUT2D eigenvalue weighted by atomic mass is 9.88. The fourth-order valence-corrected chi connectivity index (χ4v) is 3.90. The van der Waals surface area contributed by atoms with Crippen molar-refractivity contribution < 1.29 is 4.74 Å². The molecule has 2 atom stereocenters. The van der Waals surface area contributed by atoms with Crippen molar-refractivity contribution in [3.05, 3.63) is 77.9 Å². The van der Waals surface area contributed by atoms with Crippen LogP contribution in [-0.4, -0.2) is 4.98 Å². The van der Waals surface area contributed by atoms with E-state index in [1.807, 2.05) is 0 Å². The number of ether oxygens (including phenoxy) is 1. The maximum Gasteiger partial charge on any atom is 0.116 e. The standard InChI is InChI=1S/C21H13NO/c1-2-6-14-12(5-1)9-10-13-11-17-19(22-18(13)14)15-7-3-4-8-16(15)20-21(17)23-20/h1-11,20-21H. The molecule has 23 heavy (non-hydrogen) atoms. The lowest BCUT2D eigenvalue weighted by Crippen LogP contribution is -2.02. The topological polar surface area (TPSA) is 25.4 Å². The molecule has 0 spiro atoms. The molecule has 2 unspecified atom stereocenters. The van der Waals surface area contributed by atoms with E-state index in [4.69, 9.17) is 9.72 Å². The van der Waals surface area contributed by atoms with Crippen molar-refractivity contribution in [2.45, 2.75) is 12.2 Å². The van der Waals surface area contributed by atoms with Gasteiger partial charge in [0.2, 0.25) is 0 Å². The maximum atomic E-state index is 5.93. The van der Waals surface area contributed by atoms with Gasteiger partial charge in [-0.2, -0.15) is 0 Å². The Kier molecular flexibility index (Phi) is 2.04. The molecule has 0 amide bonds. The summed E-state index contributed by atoms with van der Waals surface area (Å²) in [4.78, 5) is 5.08. The van der Waals surface area contributed by atoms with Crippen LogP contribution in [0, 0.1) is 0 Å². The number of aromatic nitrogens is 1. The van der Waals surface area contributed by atoms with Crippen LogP contribution in [0.15, 0.2) is 66.7 Å². The molecule has 1 aliphatic heterocycles. The Labute approximate surface area is 133 Å². The molecule has 3 aromatic carbocycles. The van der Waals surface area contributed by atoms with E-state index in [0.29, 0.717) is 0 Å². The minimum absolute atomic E-state index is 0.184. The summed E-state index contributed by atoms with van der Waals surface area (Å²) in [6.45, 7) is 0. The molecular formula is C21H13NO. The van der Waals surface area contributed by atoms with Crippen molar-refractivity contribution in [2.24, 2.45) is 0 Å². The smallest absolute Gasteiger partial charge is 0.116 e. The Morgan fingerprint density at radius 2 is 1.52 bits per heavy atom. The largest absolute Gasteiger partial charge is 0.359 e. The highest BCUT2D eigenvalue weighted by molar-refractivity contribution is 6.06. The molecule has 0 saturated carbocycles. The van der Waals surface area contributed by atoms with E-state index >= 15 is 0 Å². The number of hydrogen-bond acceptors (Lipinski definition) is 2. The fourth-order valence-electron chi connectivity index (χ4n) is 3.90. The second kappa shape index (κ2) is 3.98. The Morgan fingerprint density at radius 1 is 0.739 bits per heavy atom. The van der Waals surface area contributed by atoms with Crippen molar-refractivity contribution in [1.29, 1.82) is 0 Å². The molecule has 1 saturated heterocycles.